The van der Waals surface area contributed by atoms with E-state index < -0.39 is 0 Å². The van der Waals surface area contributed by atoms with E-state index in [1.54, 1.807) is 12.5 Å². The van der Waals surface area contributed by atoms with E-state index in [0.717, 1.165) is 17.1 Å². The Kier molecular flexibility index (Phi) is 6.98. The van der Waals surface area contributed by atoms with E-state index in [1.807, 2.05) is 0 Å². The first-order valence-corrected chi connectivity index (χ1v) is 14.0. The molecular weight excluding hydrogens is 409 g/mol. The van der Waals surface area contributed by atoms with Crippen LogP contribution in [0.25, 0.3) is 16.8 Å². The second-order valence-electron chi connectivity index (χ2n) is 9.47. The topological polar surface area (TPSA) is 14.2 Å². The standard InChI is InChI=1S/C29H36NOP/c1-31-24-20-18-23(19-21-24)27-15-8-9-16-28(27)30-22-10-17-29(30)32(25-11-4-2-5-12-25)26-13-6-3-7-14-26/h8-10,15-22,25-26H,2-7,11-14H2,1H3. The molecule has 2 saturated carbocycles. The summed E-state index contributed by atoms with van der Waals surface area (Å²) in [6, 6.07) is 22.2. The van der Waals surface area contributed by atoms with E-state index >= 15 is 0 Å². The largest absolute Gasteiger partial charge is 0.497 e. The molecule has 0 bridgehead atoms. The van der Waals surface area contributed by atoms with Gasteiger partial charge in [0, 0.05) is 17.2 Å². The first kappa shape index (κ1) is 21.8. The fourth-order valence-corrected chi connectivity index (χ4v) is 9.74. The van der Waals surface area contributed by atoms with Crippen molar-refractivity contribution in [2.75, 3.05) is 7.11 Å². The van der Waals surface area contributed by atoms with Crippen molar-refractivity contribution in [3.8, 4) is 22.6 Å². The molecule has 1 heterocycles. The minimum Gasteiger partial charge on any atom is -0.497 e. The molecule has 2 aliphatic rings. The van der Waals surface area contributed by atoms with E-state index in [9.17, 15) is 0 Å². The zero-order valence-corrected chi connectivity index (χ0v) is 20.3. The van der Waals surface area contributed by atoms with Crippen molar-refractivity contribution in [1.82, 2.24) is 4.57 Å². The van der Waals surface area contributed by atoms with E-state index in [2.05, 4.69) is 71.4 Å². The summed E-state index contributed by atoms with van der Waals surface area (Å²) >= 11 is 0. The third-order valence-corrected chi connectivity index (χ3v) is 11.0. The molecule has 0 aliphatic heterocycles. The van der Waals surface area contributed by atoms with Crippen molar-refractivity contribution >= 4 is 13.4 Å². The number of hydrogen-bond acceptors (Lipinski definition) is 1. The normalized spacial score (nSPS) is 18.2. The lowest BCUT2D eigenvalue weighted by molar-refractivity contribution is 0.415. The van der Waals surface area contributed by atoms with Crippen LogP contribution in [0.15, 0.2) is 66.9 Å². The van der Waals surface area contributed by atoms with Crippen LogP contribution < -0.4 is 10.2 Å². The van der Waals surface area contributed by atoms with Crippen molar-refractivity contribution in [2.45, 2.75) is 75.5 Å². The number of nitrogens with zero attached hydrogens (tertiary/aromatic N) is 1. The summed E-state index contributed by atoms with van der Waals surface area (Å²) in [6.45, 7) is 0. The fourth-order valence-electron chi connectivity index (χ4n) is 5.88. The molecule has 0 spiro atoms. The predicted molar refractivity (Wildman–Crippen MR) is 138 cm³/mol. The van der Waals surface area contributed by atoms with Gasteiger partial charge in [-0.05, 0) is 72.9 Å². The van der Waals surface area contributed by atoms with Crippen LogP contribution in [0, 0.1) is 0 Å². The minimum atomic E-state index is -0.146. The summed E-state index contributed by atoms with van der Waals surface area (Å²) in [5.74, 6) is 0.908. The Balaban J connectivity index is 1.56. The van der Waals surface area contributed by atoms with Crippen molar-refractivity contribution in [2.24, 2.45) is 0 Å². The molecule has 3 heteroatoms. The summed E-state index contributed by atoms with van der Waals surface area (Å²) in [6.07, 6.45) is 16.7. The van der Waals surface area contributed by atoms with Gasteiger partial charge in [0.2, 0.25) is 0 Å². The molecule has 3 aromatic rings. The predicted octanol–water partition coefficient (Wildman–Crippen LogP) is 7.93. The van der Waals surface area contributed by atoms with Gasteiger partial charge in [-0.15, -0.1) is 0 Å². The highest BCUT2D eigenvalue weighted by atomic mass is 31.1. The van der Waals surface area contributed by atoms with E-state index in [0.29, 0.717) is 0 Å². The lowest BCUT2D eigenvalue weighted by Crippen LogP contribution is -2.29. The number of aromatic nitrogens is 1. The summed E-state index contributed by atoms with van der Waals surface area (Å²) in [5, 5.41) is 0. The minimum absolute atomic E-state index is 0.146. The van der Waals surface area contributed by atoms with Gasteiger partial charge in [0.1, 0.15) is 5.75 Å². The molecule has 0 saturated heterocycles. The summed E-state index contributed by atoms with van der Waals surface area (Å²) < 4.78 is 7.94. The number of rotatable bonds is 6. The molecule has 0 unspecified atom stereocenters. The Hall–Kier alpha value is -2.05. The molecule has 32 heavy (non-hydrogen) atoms. The van der Waals surface area contributed by atoms with Gasteiger partial charge in [-0.25, -0.2) is 0 Å². The number of ether oxygens (including phenoxy) is 1. The van der Waals surface area contributed by atoms with Crippen LogP contribution in [0.4, 0.5) is 0 Å². The van der Waals surface area contributed by atoms with Crippen molar-refractivity contribution < 1.29 is 4.74 Å². The SMILES string of the molecule is COc1ccc(-c2ccccc2-n2cccc2P(C2CCCCC2)C2CCCCC2)cc1. The van der Waals surface area contributed by atoms with Gasteiger partial charge in [-0.2, -0.15) is 0 Å². The summed E-state index contributed by atoms with van der Waals surface area (Å²) in [7, 11) is 1.58. The zero-order valence-electron chi connectivity index (χ0n) is 19.4. The number of benzene rings is 2. The molecule has 168 valence electrons. The maximum atomic E-state index is 5.39. The van der Waals surface area contributed by atoms with Crippen molar-refractivity contribution in [3.63, 3.8) is 0 Å². The summed E-state index contributed by atoms with van der Waals surface area (Å²) in [4.78, 5) is 0. The average Bonchev–Trinajstić information content (AvgIpc) is 3.35. The molecule has 2 nitrogen and oxygen atoms in total. The molecule has 0 N–H and O–H groups in total. The van der Waals surface area contributed by atoms with Gasteiger partial charge in [0.05, 0.1) is 12.8 Å². The highest BCUT2D eigenvalue weighted by Gasteiger charge is 2.34. The molecular formula is C29H36NOP. The molecule has 2 aromatic carbocycles. The first-order chi connectivity index (χ1) is 15.8. The number of para-hydroxylation sites is 1. The van der Waals surface area contributed by atoms with E-state index in [-0.39, 0.29) is 7.92 Å². The second kappa shape index (κ2) is 10.3. The van der Waals surface area contributed by atoms with Gasteiger partial charge in [0.25, 0.3) is 0 Å². The third kappa shape index (κ3) is 4.53. The molecule has 2 aliphatic carbocycles. The monoisotopic (exact) mass is 445 g/mol. The maximum Gasteiger partial charge on any atom is 0.118 e. The zero-order chi connectivity index (χ0) is 21.8. The molecule has 2 fully saturated rings. The van der Waals surface area contributed by atoms with E-state index in [1.165, 1.54) is 81.0 Å². The maximum absolute atomic E-state index is 5.39. The van der Waals surface area contributed by atoms with Crippen molar-refractivity contribution in [1.29, 1.82) is 0 Å². The van der Waals surface area contributed by atoms with Crippen LogP contribution in [-0.4, -0.2) is 23.0 Å². The fraction of sp³-hybridized carbons (Fsp3) is 0.448. The average molecular weight is 446 g/mol. The van der Waals surface area contributed by atoms with Crippen LogP contribution in [0.2, 0.25) is 0 Å². The Morgan fingerprint density at radius 1 is 0.719 bits per heavy atom. The second-order valence-corrected chi connectivity index (χ2v) is 12.2. The highest BCUT2D eigenvalue weighted by molar-refractivity contribution is 7.66. The van der Waals surface area contributed by atoms with E-state index in [4.69, 9.17) is 4.74 Å². The molecule has 0 radical (unpaired) electrons. The summed E-state index contributed by atoms with van der Waals surface area (Å²) in [5.41, 5.74) is 7.29. The van der Waals surface area contributed by atoms with Gasteiger partial charge < -0.3 is 9.30 Å². The lowest BCUT2D eigenvalue weighted by Gasteiger charge is -2.39. The van der Waals surface area contributed by atoms with Crippen molar-refractivity contribution in [3.05, 3.63) is 66.9 Å². The van der Waals surface area contributed by atoms with Gasteiger partial charge in [-0.1, -0.05) is 76.8 Å². The van der Waals surface area contributed by atoms with Crippen LogP contribution in [0.5, 0.6) is 5.75 Å². The smallest absolute Gasteiger partial charge is 0.118 e. The Labute approximate surface area is 194 Å². The lowest BCUT2D eigenvalue weighted by atomic mass is 9.99. The number of methoxy groups -OCH3 is 1. The molecule has 0 atom stereocenters. The Morgan fingerprint density at radius 2 is 1.34 bits per heavy atom. The third-order valence-electron chi connectivity index (χ3n) is 7.49. The first-order valence-electron chi connectivity index (χ1n) is 12.5. The molecule has 0 amide bonds. The Morgan fingerprint density at radius 3 is 1.97 bits per heavy atom. The van der Waals surface area contributed by atoms with Crippen LogP contribution in [0.1, 0.15) is 64.2 Å². The molecule has 5 rings (SSSR count). The highest BCUT2D eigenvalue weighted by Crippen LogP contribution is 2.55. The van der Waals surface area contributed by atoms with Gasteiger partial charge >= 0.3 is 0 Å². The molecule has 1 aromatic heterocycles. The quantitative estimate of drug-likeness (QED) is 0.351. The van der Waals surface area contributed by atoms with Gasteiger partial charge in [0.15, 0.2) is 0 Å². The number of hydrogen-bond donors (Lipinski definition) is 0. The van der Waals surface area contributed by atoms with Crippen LogP contribution in [-0.2, 0) is 0 Å². The van der Waals surface area contributed by atoms with Crippen LogP contribution in [0.3, 0.4) is 0 Å². The van der Waals surface area contributed by atoms with Gasteiger partial charge in [-0.3, -0.25) is 0 Å². The Bertz CT molecular complexity index is 978. The van der Waals surface area contributed by atoms with Crippen LogP contribution >= 0.6 is 7.92 Å².